The molecule has 3 heteroatoms. The molecule has 0 fully saturated rings. The summed E-state index contributed by atoms with van der Waals surface area (Å²) in [5, 5.41) is 0. The molecule has 0 amide bonds. The molecule has 0 aromatic heterocycles. The maximum absolute atomic E-state index is 13.7. The topological polar surface area (TPSA) is 35.2 Å². The SMILES string of the molecule is CCCCCCOC(c1ccccc1F)C(C)N. The predicted molar refractivity (Wildman–Crippen MR) is 72.9 cm³/mol. The molecule has 102 valence electrons. The molecular formula is C15H24FNO. The van der Waals surface area contributed by atoms with Gasteiger partial charge in [-0.05, 0) is 19.4 Å². The molecule has 0 heterocycles. The highest BCUT2D eigenvalue weighted by Gasteiger charge is 2.19. The monoisotopic (exact) mass is 253 g/mol. The van der Waals surface area contributed by atoms with Gasteiger partial charge in [0.05, 0.1) is 0 Å². The van der Waals surface area contributed by atoms with Crippen LogP contribution in [-0.4, -0.2) is 12.6 Å². The average Bonchev–Trinajstić information content (AvgIpc) is 2.35. The maximum Gasteiger partial charge on any atom is 0.129 e. The van der Waals surface area contributed by atoms with Gasteiger partial charge in [0.1, 0.15) is 11.9 Å². The van der Waals surface area contributed by atoms with E-state index in [9.17, 15) is 4.39 Å². The highest BCUT2D eigenvalue weighted by atomic mass is 19.1. The van der Waals surface area contributed by atoms with E-state index in [0.717, 1.165) is 12.8 Å². The summed E-state index contributed by atoms with van der Waals surface area (Å²) in [4.78, 5) is 0. The first-order valence-corrected chi connectivity index (χ1v) is 6.78. The Bertz CT molecular complexity index is 341. The molecule has 0 saturated heterocycles. The van der Waals surface area contributed by atoms with Gasteiger partial charge >= 0.3 is 0 Å². The number of benzene rings is 1. The fourth-order valence-corrected chi connectivity index (χ4v) is 1.97. The lowest BCUT2D eigenvalue weighted by Gasteiger charge is -2.22. The fraction of sp³-hybridized carbons (Fsp3) is 0.600. The van der Waals surface area contributed by atoms with Gasteiger partial charge in [-0.15, -0.1) is 0 Å². The highest BCUT2D eigenvalue weighted by Crippen LogP contribution is 2.23. The standard InChI is InChI=1S/C15H24FNO/c1-3-4-5-8-11-18-15(12(2)17)13-9-6-7-10-14(13)16/h6-7,9-10,12,15H,3-5,8,11,17H2,1-2H3. The fourth-order valence-electron chi connectivity index (χ4n) is 1.97. The predicted octanol–water partition coefficient (Wildman–Crippen LogP) is 3.81. The molecule has 2 nitrogen and oxygen atoms in total. The molecule has 1 rings (SSSR count). The Morgan fingerprint density at radius 3 is 2.56 bits per heavy atom. The van der Waals surface area contributed by atoms with Gasteiger partial charge in [-0.2, -0.15) is 0 Å². The zero-order chi connectivity index (χ0) is 13.4. The van der Waals surface area contributed by atoms with Gasteiger partial charge in [0.25, 0.3) is 0 Å². The summed E-state index contributed by atoms with van der Waals surface area (Å²) in [5.41, 5.74) is 6.45. The van der Waals surface area contributed by atoms with E-state index in [1.165, 1.54) is 18.9 Å². The number of hydrogen-bond acceptors (Lipinski definition) is 2. The lowest BCUT2D eigenvalue weighted by atomic mass is 10.0. The minimum absolute atomic E-state index is 0.215. The molecule has 0 saturated carbocycles. The van der Waals surface area contributed by atoms with Gasteiger partial charge < -0.3 is 10.5 Å². The first kappa shape index (κ1) is 15.1. The van der Waals surface area contributed by atoms with Crippen molar-refractivity contribution in [2.45, 2.75) is 51.7 Å². The van der Waals surface area contributed by atoms with E-state index in [1.54, 1.807) is 12.1 Å². The van der Waals surface area contributed by atoms with Crippen LogP contribution < -0.4 is 5.73 Å². The van der Waals surface area contributed by atoms with Crippen molar-refractivity contribution in [3.8, 4) is 0 Å². The zero-order valence-corrected chi connectivity index (χ0v) is 11.4. The molecule has 2 N–H and O–H groups in total. The van der Waals surface area contributed by atoms with Gasteiger partial charge in [-0.3, -0.25) is 0 Å². The van der Waals surface area contributed by atoms with E-state index < -0.39 is 0 Å². The number of rotatable bonds is 8. The zero-order valence-electron chi connectivity index (χ0n) is 11.4. The summed E-state index contributed by atoms with van der Waals surface area (Å²) in [6.07, 6.45) is 4.22. The summed E-state index contributed by atoms with van der Waals surface area (Å²) in [6.45, 7) is 4.66. The number of halogens is 1. The normalized spacial score (nSPS) is 14.4. The molecule has 2 atom stereocenters. The van der Waals surface area contributed by atoms with Crippen LogP contribution in [0.2, 0.25) is 0 Å². The lowest BCUT2D eigenvalue weighted by Crippen LogP contribution is -2.28. The minimum atomic E-state index is -0.354. The van der Waals surface area contributed by atoms with Gasteiger partial charge in [0.15, 0.2) is 0 Å². The summed E-state index contributed by atoms with van der Waals surface area (Å²) in [5.74, 6) is -0.242. The highest BCUT2D eigenvalue weighted by molar-refractivity contribution is 5.21. The second kappa shape index (κ2) is 8.22. The first-order valence-electron chi connectivity index (χ1n) is 6.78. The van der Waals surface area contributed by atoms with Crippen molar-refractivity contribution in [1.29, 1.82) is 0 Å². The molecule has 0 bridgehead atoms. The van der Waals surface area contributed by atoms with Crippen molar-refractivity contribution in [3.63, 3.8) is 0 Å². The van der Waals surface area contributed by atoms with E-state index in [-0.39, 0.29) is 18.0 Å². The molecule has 1 aromatic rings. The van der Waals surface area contributed by atoms with E-state index >= 15 is 0 Å². The van der Waals surface area contributed by atoms with Crippen molar-refractivity contribution in [1.82, 2.24) is 0 Å². The van der Waals surface area contributed by atoms with Gasteiger partial charge in [0, 0.05) is 18.2 Å². The van der Waals surface area contributed by atoms with E-state index in [1.807, 2.05) is 13.0 Å². The quantitative estimate of drug-likeness (QED) is 0.715. The Labute approximate surface area is 109 Å². The van der Waals surface area contributed by atoms with Crippen molar-refractivity contribution >= 4 is 0 Å². The van der Waals surface area contributed by atoms with Crippen LogP contribution in [-0.2, 0) is 4.74 Å². The van der Waals surface area contributed by atoms with Crippen LogP contribution in [0.25, 0.3) is 0 Å². The third kappa shape index (κ3) is 4.75. The van der Waals surface area contributed by atoms with Crippen LogP contribution in [0.1, 0.15) is 51.2 Å². The van der Waals surface area contributed by atoms with Crippen LogP contribution in [0.4, 0.5) is 4.39 Å². The van der Waals surface area contributed by atoms with E-state index in [0.29, 0.717) is 12.2 Å². The second-order valence-electron chi connectivity index (χ2n) is 4.73. The second-order valence-corrected chi connectivity index (χ2v) is 4.73. The van der Waals surface area contributed by atoms with Crippen molar-refractivity contribution < 1.29 is 9.13 Å². The molecule has 0 aliphatic carbocycles. The Kier molecular flexibility index (Phi) is 6.91. The Balaban J connectivity index is 2.53. The molecule has 18 heavy (non-hydrogen) atoms. The molecule has 0 spiro atoms. The molecule has 0 aliphatic heterocycles. The van der Waals surface area contributed by atoms with Crippen LogP contribution in [0.5, 0.6) is 0 Å². The summed E-state index contributed by atoms with van der Waals surface area (Å²) < 4.78 is 19.4. The Morgan fingerprint density at radius 2 is 1.94 bits per heavy atom. The molecule has 2 unspecified atom stereocenters. The number of hydrogen-bond donors (Lipinski definition) is 1. The number of unbranched alkanes of at least 4 members (excludes halogenated alkanes) is 3. The van der Waals surface area contributed by atoms with Gasteiger partial charge in [-0.25, -0.2) is 4.39 Å². The van der Waals surface area contributed by atoms with Gasteiger partial charge in [-0.1, -0.05) is 44.4 Å². The van der Waals surface area contributed by atoms with Crippen molar-refractivity contribution in [2.24, 2.45) is 5.73 Å². The molecule has 0 aliphatic rings. The summed E-state index contributed by atoms with van der Waals surface area (Å²) in [6, 6.07) is 6.47. The smallest absolute Gasteiger partial charge is 0.129 e. The van der Waals surface area contributed by atoms with Gasteiger partial charge in [0.2, 0.25) is 0 Å². The molecular weight excluding hydrogens is 229 g/mol. The number of nitrogens with two attached hydrogens (primary N) is 1. The first-order chi connectivity index (χ1) is 8.66. The van der Waals surface area contributed by atoms with Crippen LogP contribution in [0.15, 0.2) is 24.3 Å². The third-order valence-corrected chi connectivity index (χ3v) is 2.98. The van der Waals surface area contributed by atoms with E-state index in [4.69, 9.17) is 10.5 Å². The molecule has 1 aromatic carbocycles. The lowest BCUT2D eigenvalue weighted by molar-refractivity contribution is 0.0335. The Hall–Kier alpha value is -0.930. The van der Waals surface area contributed by atoms with E-state index in [2.05, 4.69) is 6.92 Å². The number of ether oxygens (including phenoxy) is 1. The van der Waals surface area contributed by atoms with Crippen LogP contribution >= 0.6 is 0 Å². The third-order valence-electron chi connectivity index (χ3n) is 2.98. The maximum atomic E-state index is 13.7. The Morgan fingerprint density at radius 1 is 1.22 bits per heavy atom. The van der Waals surface area contributed by atoms with Crippen LogP contribution in [0, 0.1) is 5.82 Å². The summed E-state index contributed by atoms with van der Waals surface area (Å²) in [7, 11) is 0. The van der Waals surface area contributed by atoms with Crippen molar-refractivity contribution in [3.05, 3.63) is 35.6 Å². The largest absolute Gasteiger partial charge is 0.372 e. The summed E-state index contributed by atoms with van der Waals surface area (Å²) >= 11 is 0. The average molecular weight is 253 g/mol. The van der Waals surface area contributed by atoms with Crippen LogP contribution in [0.3, 0.4) is 0 Å². The van der Waals surface area contributed by atoms with Crippen molar-refractivity contribution in [2.75, 3.05) is 6.61 Å². The molecule has 0 radical (unpaired) electrons. The minimum Gasteiger partial charge on any atom is -0.372 e.